The van der Waals surface area contributed by atoms with Crippen LogP contribution >= 0.6 is 22.6 Å². The molecule has 0 aliphatic heterocycles. The molecule has 0 fully saturated rings. The molecule has 0 unspecified atom stereocenters. The fourth-order valence-electron chi connectivity index (χ4n) is 1.02. The molecule has 14 heavy (non-hydrogen) atoms. The van der Waals surface area contributed by atoms with Crippen molar-refractivity contribution in [3.8, 4) is 0 Å². The lowest BCUT2D eigenvalue weighted by Gasteiger charge is -1.88. The summed E-state index contributed by atoms with van der Waals surface area (Å²) < 4.78 is 27.7. The van der Waals surface area contributed by atoms with E-state index in [-0.39, 0.29) is 0 Å². The number of sulfonamides is 1. The molecule has 1 aromatic heterocycles. The molecular weight excluding hydrogens is 319 g/mol. The van der Waals surface area contributed by atoms with Crippen LogP contribution in [0.4, 0.5) is 0 Å². The largest absolute Gasteiger partial charge is 0.426 e. The number of hydrogen-bond acceptors (Lipinski definition) is 4. The molecule has 5 nitrogen and oxygen atoms in total. The summed E-state index contributed by atoms with van der Waals surface area (Å²) in [4.78, 5) is 3.76. The number of nitrogens with two attached hydrogens (primary N) is 1. The Hall–Kier alpha value is -0.670. The zero-order chi connectivity index (χ0) is 10.3. The molecule has 7 heteroatoms. The topological polar surface area (TPSA) is 86.2 Å². The monoisotopic (exact) mass is 324 g/mol. The lowest BCUT2D eigenvalue weighted by Crippen LogP contribution is -2.12. The van der Waals surface area contributed by atoms with Gasteiger partial charge < -0.3 is 4.42 Å². The van der Waals surface area contributed by atoms with Crippen molar-refractivity contribution in [3.63, 3.8) is 0 Å². The molecule has 1 heterocycles. The molecule has 0 spiro atoms. The first-order chi connectivity index (χ1) is 6.48. The molecule has 2 rings (SSSR count). The number of para-hydroxylation sites is 1. The Morgan fingerprint density at radius 2 is 2.14 bits per heavy atom. The lowest BCUT2D eigenvalue weighted by molar-refractivity contribution is 0.458. The van der Waals surface area contributed by atoms with Crippen LogP contribution in [0, 0.1) is 3.57 Å². The molecule has 2 N–H and O–H groups in total. The molecule has 0 bridgehead atoms. The van der Waals surface area contributed by atoms with Crippen molar-refractivity contribution in [2.24, 2.45) is 5.14 Å². The van der Waals surface area contributed by atoms with Crippen LogP contribution in [0.1, 0.15) is 0 Å². The summed E-state index contributed by atoms with van der Waals surface area (Å²) in [5.41, 5.74) is 0.929. The Balaban J connectivity index is 2.81. The Kier molecular flexibility index (Phi) is 2.24. The molecule has 0 saturated heterocycles. The summed E-state index contributed by atoms with van der Waals surface area (Å²) in [5.74, 6) is 0. The molecule has 0 saturated carbocycles. The van der Waals surface area contributed by atoms with Gasteiger partial charge in [-0.05, 0) is 34.7 Å². The van der Waals surface area contributed by atoms with Gasteiger partial charge in [-0.1, -0.05) is 6.07 Å². The third kappa shape index (κ3) is 1.62. The van der Waals surface area contributed by atoms with Gasteiger partial charge in [-0.15, -0.1) is 0 Å². The molecule has 74 valence electrons. The quantitative estimate of drug-likeness (QED) is 0.796. The maximum absolute atomic E-state index is 10.9. The van der Waals surface area contributed by atoms with Crippen molar-refractivity contribution >= 4 is 43.7 Å². The molecule has 0 amide bonds. The second-order valence-electron chi connectivity index (χ2n) is 2.61. The fraction of sp³-hybridized carbons (Fsp3) is 0. The van der Waals surface area contributed by atoms with Gasteiger partial charge in [-0.3, -0.25) is 0 Å². The number of hydrogen-bond donors (Lipinski definition) is 1. The number of benzene rings is 1. The van der Waals surface area contributed by atoms with Crippen LogP contribution in [0.3, 0.4) is 0 Å². The molecule has 0 aliphatic carbocycles. The van der Waals surface area contributed by atoms with Crippen molar-refractivity contribution in [2.75, 3.05) is 0 Å². The summed E-state index contributed by atoms with van der Waals surface area (Å²) >= 11 is 2.03. The second-order valence-corrected chi connectivity index (χ2v) is 5.21. The van der Waals surface area contributed by atoms with E-state index in [9.17, 15) is 8.42 Å². The molecule has 0 aliphatic rings. The number of oxazole rings is 1. The van der Waals surface area contributed by atoms with Gasteiger partial charge in [-0.25, -0.2) is 13.6 Å². The van der Waals surface area contributed by atoms with Crippen molar-refractivity contribution in [1.29, 1.82) is 0 Å². The minimum Gasteiger partial charge on any atom is -0.426 e. The van der Waals surface area contributed by atoms with E-state index >= 15 is 0 Å². The van der Waals surface area contributed by atoms with Gasteiger partial charge in [0.15, 0.2) is 5.58 Å². The van der Waals surface area contributed by atoms with Gasteiger partial charge in [0, 0.05) is 0 Å². The highest BCUT2D eigenvalue weighted by atomic mass is 127. The predicted molar refractivity (Wildman–Crippen MR) is 58.1 cm³/mol. The standard InChI is InChI=1S/C7H5IN2O3S/c8-4-2-1-3-5-6(4)13-7(10-5)14(9,11)12/h1-3H,(H2,9,11,12). The van der Waals surface area contributed by atoms with E-state index in [0.29, 0.717) is 11.1 Å². The van der Waals surface area contributed by atoms with Crippen LogP contribution < -0.4 is 5.14 Å². The van der Waals surface area contributed by atoms with Gasteiger partial charge in [0.1, 0.15) is 5.52 Å². The van der Waals surface area contributed by atoms with E-state index in [1.54, 1.807) is 18.2 Å². The van der Waals surface area contributed by atoms with Crippen LogP contribution in [0.25, 0.3) is 11.1 Å². The van der Waals surface area contributed by atoms with E-state index < -0.39 is 15.2 Å². The number of aromatic nitrogens is 1. The van der Waals surface area contributed by atoms with Gasteiger partial charge in [0.05, 0.1) is 3.57 Å². The van der Waals surface area contributed by atoms with Crippen molar-refractivity contribution in [1.82, 2.24) is 4.98 Å². The fourth-order valence-corrected chi connectivity index (χ4v) is 2.04. The normalized spacial score (nSPS) is 12.1. The number of primary sulfonamides is 1. The number of fused-ring (bicyclic) bond motifs is 1. The summed E-state index contributed by atoms with van der Waals surface area (Å²) in [6, 6.07) is 5.22. The smallest absolute Gasteiger partial charge is 0.331 e. The molecule has 2 aromatic rings. The zero-order valence-electron chi connectivity index (χ0n) is 6.77. The average molecular weight is 324 g/mol. The van der Waals surface area contributed by atoms with Gasteiger partial charge in [0.2, 0.25) is 0 Å². The summed E-state index contributed by atoms with van der Waals surface area (Å²) in [6.07, 6.45) is 0. The van der Waals surface area contributed by atoms with E-state index in [1.165, 1.54) is 0 Å². The van der Waals surface area contributed by atoms with E-state index in [1.807, 2.05) is 22.6 Å². The predicted octanol–water partition coefficient (Wildman–Crippen LogP) is 1.08. The van der Waals surface area contributed by atoms with Crippen molar-refractivity contribution in [3.05, 3.63) is 21.8 Å². The number of rotatable bonds is 1. The van der Waals surface area contributed by atoms with Gasteiger partial charge >= 0.3 is 5.22 Å². The molecule has 0 radical (unpaired) electrons. The summed E-state index contributed by atoms with van der Waals surface area (Å²) in [6.45, 7) is 0. The summed E-state index contributed by atoms with van der Waals surface area (Å²) in [5, 5.41) is 4.44. The minimum atomic E-state index is -3.86. The third-order valence-electron chi connectivity index (χ3n) is 1.59. The second kappa shape index (κ2) is 3.17. The maximum atomic E-state index is 10.9. The van der Waals surface area contributed by atoms with Crippen LogP contribution in [-0.4, -0.2) is 13.4 Å². The Morgan fingerprint density at radius 1 is 1.43 bits per heavy atom. The third-order valence-corrected chi connectivity index (χ3v) is 3.10. The van der Waals surface area contributed by atoms with Gasteiger partial charge in [-0.2, -0.15) is 4.98 Å². The summed E-state index contributed by atoms with van der Waals surface area (Å²) in [7, 11) is -3.86. The SMILES string of the molecule is NS(=O)(=O)c1nc2cccc(I)c2o1. The Morgan fingerprint density at radius 3 is 2.71 bits per heavy atom. The van der Waals surface area contributed by atoms with Gasteiger partial charge in [0.25, 0.3) is 10.0 Å². The highest BCUT2D eigenvalue weighted by Crippen LogP contribution is 2.22. The number of halogens is 1. The van der Waals surface area contributed by atoms with Crippen molar-refractivity contribution < 1.29 is 12.8 Å². The Bertz CT molecular complexity index is 590. The Labute approximate surface area is 93.5 Å². The van der Waals surface area contributed by atoms with E-state index in [0.717, 1.165) is 3.57 Å². The first kappa shape index (κ1) is 9.87. The maximum Gasteiger partial charge on any atom is 0.331 e. The van der Waals surface area contributed by atoms with Crippen LogP contribution in [-0.2, 0) is 10.0 Å². The number of nitrogens with zero attached hydrogens (tertiary/aromatic N) is 1. The zero-order valence-corrected chi connectivity index (χ0v) is 9.74. The minimum absolute atomic E-state index is 0.442. The molecule has 1 aromatic carbocycles. The lowest BCUT2D eigenvalue weighted by atomic mass is 10.3. The first-order valence-corrected chi connectivity index (χ1v) is 6.19. The van der Waals surface area contributed by atoms with Crippen molar-refractivity contribution in [2.45, 2.75) is 5.22 Å². The van der Waals surface area contributed by atoms with E-state index in [4.69, 9.17) is 9.56 Å². The van der Waals surface area contributed by atoms with Crippen LogP contribution in [0.2, 0.25) is 0 Å². The average Bonchev–Trinajstić information content (AvgIpc) is 2.48. The highest BCUT2D eigenvalue weighted by molar-refractivity contribution is 14.1. The highest BCUT2D eigenvalue weighted by Gasteiger charge is 2.17. The first-order valence-electron chi connectivity index (χ1n) is 3.56. The van der Waals surface area contributed by atoms with E-state index in [2.05, 4.69) is 4.98 Å². The van der Waals surface area contributed by atoms with Crippen LogP contribution in [0.15, 0.2) is 27.8 Å². The molecular formula is C7H5IN2O3S. The van der Waals surface area contributed by atoms with Crippen LogP contribution in [0.5, 0.6) is 0 Å². The molecule has 0 atom stereocenters.